The predicted octanol–water partition coefficient (Wildman–Crippen LogP) is 15.4. The molecule has 62 heavy (non-hydrogen) atoms. The highest BCUT2D eigenvalue weighted by molar-refractivity contribution is 6.12. The van der Waals surface area contributed by atoms with Gasteiger partial charge < -0.3 is 9.30 Å². The lowest BCUT2D eigenvalue weighted by molar-refractivity contribution is 0.482. The topological polar surface area (TPSA) is 49.8 Å². The average molecular weight is 812 g/mol. The molecular formula is C56H53N5O. The molecule has 0 radical (unpaired) electrons. The molecule has 308 valence electrons. The molecule has 6 nitrogen and oxygen atoms in total. The minimum absolute atomic E-state index is 0.246. The second kappa shape index (κ2) is 15.5. The van der Waals surface area contributed by atoms with Crippen molar-refractivity contribution < 1.29 is 4.74 Å². The molecule has 0 unspecified atom stereocenters. The molecule has 0 N–H and O–H groups in total. The minimum Gasteiger partial charge on any atom is -0.457 e. The van der Waals surface area contributed by atoms with Gasteiger partial charge in [-0.25, -0.2) is 9.67 Å². The van der Waals surface area contributed by atoms with Gasteiger partial charge >= 0.3 is 0 Å². The van der Waals surface area contributed by atoms with Crippen LogP contribution in [0.4, 0.5) is 0 Å². The van der Waals surface area contributed by atoms with Gasteiger partial charge in [0.2, 0.25) is 0 Å². The monoisotopic (exact) mass is 811 g/mol. The molecule has 4 aromatic heterocycles. The summed E-state index contributed by atoms with van der Waals surface area (Å²) in [7, 11) is 0. The maximum absolute atomic E-state index is 6.78. The van der Waals surface area contributed by atoms with E-state index in [1.165, 1.54) is 55.1 Å². The molecule has 0 aliphatic carbocycles. The van der Waals surface area contributed by atoms with Crippen LogP contribution in [-0.2, 0) is 0 Å². The fourth-order valence-electron chi connectivity index (χ4n) is 9.59. The van der Waals surface area contributed by atoms with Crippen molar-refractivity contribution in [3.05, 3.63) is 174 Å². The summed E-state index contributed by atoms with van der Waals surface area (Å²) in [6, 6.07) is 51.9. The summed E-state index contributed by atoms with van der Waals surface area (Å²) in [6.07, 6.45) is 1.96. The molecule has 0 fully saturated rings. The SMILES string of the molecule is CC(C)c1nn(-c2cccc(Oc3ccc4c5ccccc5n(-c5cc(-n6c7c(C(C)C)cccc7c7cccc(C(C)C)c76)ccn5)c4c3)c2)c(C(C)C)c1-c1ccccc1. The van der Waals surface area contributed by atoms with Gasteiger partial charge in [0.1, 0.15) is 17.3 Å². The summed E-state index contributed by atoms with van der Waals surface area (Å²) in [4.78, 5) is 5.09. The van der Waals surface area contributed by atoms with E-state index in [9.17, 15) is 0 Å². The first-order chi connectivity index (χ1) is 30.1. The van der Waals surface area contributed by atoms with Crippen molar-refractivity contribution in [3.63, 3.8) is 0 Å². The third-order valence-corrected chi connectivity index (χ3v) is 12.4. The standard InChI is InChI=1S/C56H53N5O/c1-34(2)43-22-15-24-47-48-25-16-23-44(35(3)4)56(48)59(55(43)47)39-29-30-57-51(32-39)60-49-26-13-12-21-45(49)46-28-27-42(33-50(46)60)62-41-20-14-19-40(31-41)61-54(37(7)8)52(53(58-61)36(5)6)38-17-10-9-11-18-38/h9-37H,1-8H3. The number of rotatable bonds is 10. The van der Waals surface area contributed by atoms with E-state index in [0.717, 1.165) is 50.8 Å². The zero-order chi connectivity index (χ0) is 42.8. The van der Waals surface area contributed by atoms with Gasteiger partial charge in [0.05, 0.1) is 44.8 Å². The van der Waals surface area contributed by atoms with E-state index >= 15 is 0 Å². The molecule has 0 aliphatic rings. The Kier molecular flexibility index (Phi) is 9.82. The molecule has 0 saturated carbocycles. The van der Waals surface area contributed by atoms with Crippen molar-refractivity contribution in [2.75, 3.05) is 0 Å². The second-order valence-electron chi connectivity index (χ2n) is 17.9. The fraction of sp³-hybridized carbons (Fsp3) is 0.214. The Hall–Kier alpha value is -6.92. The molecule has 0 aliphatic heterocycles. The maximum Gasteiger partial charge on any atom is 0.139 e. The number of hydrogen-bond donors (Lipinski definition) is 0. The lowest BCUT2D eigenvalue weighted by Crippen LogP contribution is -2.05. The van der Waals surface area contributed by atoms with Crippen LogP contribution in [0.5, 0.6) is 11.5 Å². The van der Waals surface area contributed by atoms with Crippen molar-refractivity contribution in [2.45, 2.75) is 79.1 Å². The lowest BCUT2D eigenvalue weighted by atomic mass is 9.93. The van der Waals surface area contributed by atoms with Gasteiger partial charge in [0.25, 0.3) is 0 Å². The molecule has 0 atom stereocenters. The number of nitrogens with zero attached hydrogens (tertiary/aromatic N) is 5. The number of pyridine rings is 1. The van der Waals surface area contributed by atoms with Gasteiger partial charge in [-0.3, -0.25) is 4.57 Å². The van der Waals surface area contributed by atoms with Gasteiger partial charge in [-0.05, 0) is 76.8 Å². The van der Waals surface area contributed by atoms with E-state index in [-0.39, 0.29) is 11.8 Å². The maximum atomic E-state index is 6.78. The van der Waals surface area contributed by atoms with Crippen LogP contribution < -0.4 is 4.74 Å². The number of aromatic nitrogens is 5. The molecule has 0 amide bonds. The Balaban J connectivity index is 1.10. The Bertz CT molecular complexity index is 3220. The van der Waals surface area contributed by atoms with Gasteiger partial charge in [0.15, 0.2) is 0 Å². The van der Waals surface area contributed by atoms with Crippen molar-refractivity contribution in [3.8, 4) is 39.8 Å². The van der Waals surface area contributed by atoms with Gasteiger partial charge in [-0.15, -0.1) is 0 Å². The van der Waals surface area contributed by atoms with Crippen LogP contribution in [0.15, 0.2) is 152 Å². The molecule has 4 heterocycles. The van der Waals surface area contributed by atoms with Crippen LogP contribution in [0.25, 0.3) is 71.9 Å². The molecule has 0 spiro atoms. The molecule has 6 heteroatoms. The first-order valence-electron chi connectivity index (χ1n) is 22.1. The summed E-state index contributed by atoms with van der Waals surface area (Å²) < 4.78 is 13.7. The molecule has 10 rings (SSSR count). The normalized spacial score (nSPS) is 12.1. The van der Waals surface area contributed by atoms with E-state index in [1.54, 1.807) is 0 Å². The Morgan fingerprint density at radius 3 is 1.77 bits per heavy atom. The second-order valence-corrected chi connectivity index (χ2v) is 17.9. The van der Waals surface area contributed by atoms with Gasteiger partial charge in [-0.2, -0.15) is 5.10 Å². The molecule has 0 bridgehead atoms. The average Bonchev–Trinajstić information content (AvgIpc) is 3.95. The molecule has 6 aromatic carbocycles. The van der Waals surface area contributed by atoms with Crippen molar-refractivity contribution in [1.29, 1.82) is 0 Å². The number of para-hydroxylation sites is 3. The van der Waals surface area contributed by atoms with E-state index in [4.69, 9.17) is 14.8 Å². The van der Waals surface area contributed by atoms with Crippen molar-refractivity contribution >= 4 is 43.6 Å². The summed E-state index contributed by atoms with van der Waals surface area (Å²) >= 11 is 0. The number of benzene rings is 6. The highest BCUT2D eigenvalue weighted by atomic mass is 16.5. The van der Waals surface area contributed by atoms with Crippen LogP contribution in [0.1, 0.15) is 102 Å². The van der Waals surface area contributed by atoms with Crippen LogP contribution in [0, 0.1) is 0 Å². The Morgan fingerprint density at radius 2 is 1.10 bits per heavy atom. The summed E-state index contributed by atoms with van der Waals surface area (Å²) in [6.45, 7) is 18.1. The van der Waals surface area contributed by atoms with Crippen LogP contribution in [0.2, 0.25) is 0 Å². The van der Waals surface area contributed by atoms with E-state index in [1.807, 2.05) is 12.3 Å². The molecular weight excluding hydrogens is 759 g/mol. The zero-order valence-corrected chi connectivity index (χ0v) is 36.9. The third kappa shape index (κ3) is 6.48. The summed E-state index contributed by atoms with van der Waals surface area (Å²) in [5.74, 6) is 3.55. The number of fused-ring (bicyclic) bond motifs is 6. The molecule has 10 aromatic rings. The van der Waals surface area contributed by atoms with Crippen LogP contribution >= 0.6 is 0 Å². The minimum atomic E-state index is 0.246. The summed E-state index contributed by atoms with van der Waals surface area (Å²) in [5, 5.41) is 10.1. The third-order valence-electron chi connectivity index (χ3n) is 12.4. The van der Waals surface area contributed by atoms with Gasteiger partial charge in [0, 0.05) is 51.5 Å². The quantitative estimate of drug-likeness (QED) is 0.138. The smallest absolute Gasteiger partial charge is 0.139 e. The largest absolute Gasteiger partial charge is 0.457 e. The highest BCUT2D eigenvalue weighted by Gasteiger charge is 2.25. The first-order valence-corrected chi connectivity index (χ1v) is 22.1. The van der Waals surface area contributed by atoms with Crippen LogP contribution in [0.3, 0.4) is 0 Å². The highest BCUT2D eigenvalue weighted by Crippen LogP contribution is 2.42. The van der Waals surface area contributed by atoms with E-state index < -0.39 is 0 Å². The summed E-state index contributed by atoms with van der Waals surface area (Å²) in [5.41, 5.74) is 14.1. The Labute approximate surface area is 364 Å². The zero-order valence-electron chi connectivity index (χ0n) is 36.9. The van der Waals surface area contributed by atoms with Crippen molar-refractivity contribution in [1.82, 2.24) is 23.9 Å². The number of ether oxygens (including phenoxy) is 1. The number of hydrogen-bond acceptors (Lipinski definition) is 3. The fourth-order valence-corrected chi connectivity index (χ4v) is 9.59. The molecule has 0 saturated heterocycles. The van der Waals surface area contributed by atoms with Gasteiger partial charge in [-0.1, -0.05) is 146 Å². The van der Waals surface area contributed by atoms with Crippen molar-refractivity contribution in [2.24, 2.45) is 0 Å². The Morgan fingerprint density at radius 1 is 0.468 bits per heavy atom. The lowest BCUT2D eigenvalue weighted by Gasteiger charge is -2.17. The van der Waals surface area contributed by atoms with Crippen LogP contribution in [-0.4, -0.2) is 23.9 Å². The van der Waals surface area contributed by atoms with E-state index in [2.05, 4.69) is 209 Å². The van der Waals surface area contributed by atoms with E-state index in [0.29, 0.717) is 11.8 Å². The first kappa shape index (κ1) is 39.2. The predicted molar refractivity (Wildman–Crippen MR) is 258 cm³/mol.